The van der Waals surface area contributed by atoms with Crippen LogP contribution in [0.4, 0.5) is 0 Å². The summed E-state index contributed by atoms with van der Waals surface area (Å²) in [4.78, 5) is 27.7. The second-order valence-corrected chi connectivity index (χ2v) is 8.60. The molecule has 146 valence electrons. The zero-order valence-electron chi connectivity index (χ0n) is 15.3. The normalized spacial score (nSPS) is 20.9. The van der Waals surface area contributed by atoms with E-state index in [0.29, 0.717) is 10.0 Å². The molecule has 8 nitrogen and oxygen atoms in total. The van der Waals surface area contributed by atoms with Gasteiger partial charge in [-0.05, 0) is 18.1 Å². The molecule has 2 N–H and O–H groups in total. The molecule has 2 amide bonds. The van der Waals surface area contributed by atoms with Crippen LogP contribution in [0, 0.1) is 5.92 Å². The van der Waals surface area contributed by atoms with Gasteiger partial charge in [0.1, 0.15) is 17.8 Å². The van der Waals surface area contributed by atoms with Gasteiger partial charge in [0, 0.05) is 20.0 Å². The molecule has 0 aliphatic carbocycles. The molecule has 2 unspecified atom stereocenters. The number of carbonyl (C=O) groups excluding carboxylic acids is 2. The maximum absolute atomic E-state index is 13.2. The van der Waals surface area contributed by atoms with Crippen molar-refractivity contribution in [3.05, 3.63) is 22.7 Å². The van der Waals surface area contributed by atoms with E-state index in [1.54, 1.807) is 12.3 Å². The highest BCUT2D eigenvalue weighted by atomic mass is 35.5. The zero-order chi connectivity index (χ0) is 19.7. The summed E-state index contributed by atoms with van der Waals surface area (Å²) in [6.07, 6.45) is 1.22. The molecule has 0 bridgehead atoms. The molecule has 10 heteroatoms. The lowest BCUT2D eigenvalue weighted by molar-refractivity contribution is -0.142. The highest BCUT2D eigenvalue weighted by molar-refractivity contribution is 7.19. The van der Waals surface area contributed by atoms with Gasteiger partial charge in [-0.1, -0.05) is 30.7 Å². The van der Waals surface area contributed by atoms with Crippen LogP contribution in [-0.4, -0.2) is 62.6 Å². The van der Waals surface area contributed by atoms with Crippen molar-refractivity contribution in [2.24, 2.45) is 5.92 Å². The molecule has 3 heterocycles. The van der Waals surface area contributed by atoms with Crippen LogP contribution in [0.3, 0.4) is 0 Å². The Balaban J connectivity index is 1.88. The molecule has 2 aromatic rings. The van der Waals surface area contributed by atoms with Gasteiger partial charge in [-0.2, -0.15) is 0 Å². The van der Waals surface area contributed by atoms with Crippen molar-refractivity contribution in [2.75, 3.05) is 13.6 Å². The quantitative estimate of drug-likeness (QED) is 0.777. The van der Waals surface area contributed by atoms with Crippen molar-refractivity contribution in [3.63, 3.8) is 0 Å². The number of nitrogens with zero attached hydrogens (tertiary/aromatic N) is 4. The van der Waals surface area contributed by atoms with E-state index < -0.39 is 18.2 Å². The van der Waals surface area contributed by atoms with Crippen molar-refractivity contribution < 1.29 is 14.7 Å². The fourth-order valence-corrected chi connectivity index (χ4v) is 4.32. The lowest BCUT2D eigenvalue weighted by Gasteiger charge is -2.29. The van der Waals surface area contributed by atoms with E-state index in [1.807, 2.05) is 19.9 Å². The molecule has 0 spiro atoms. The van der Waals surface area contributed by atoms with Crippen molar-refractivity contribution in [2.45, 2.75) is 38.5 Å². The molecule has 1 saturated heterocycles. The molecule has 27 heavy (non-hydrogen) atoms. The standard InChI is InChI=1S/C17H22ClN5O3S/c1-9(2)15(17(26)22-7-10(24)6-12(22)16(25)19-3)23-8-11(20-21-23)13-4-5-14(18)27-13/h4-5,8-10,12,15,24H,6-7H2,1-3H3,(H,19,25)/t10?,12-,15?/m1/s1. The summed E-state index contributed by atoms with van der Waals surface area (Å²) in [5.74, 6) is -0.618. The number of aliphatic hydroxyl groups is 1. The van der Waals surface area contributed by atoms with Crippen LogP contribution < -0.4 is 5.32 Å². The van der Waals surface area contributed by atoms with E-state index in [1.165, 1.54) is 28.0 Å². The minimum Gasteiger partial charge on any atom is -0.391 e. The number of β-amino-alcohol motifs (C(OH)–C–C–N with tert-alkyl or cyclic N) is 1. The molecule has 0 saturated carbocycles. The fraction of sp³-hybridized carbons (Fsp3) is 0.529. The number of halogens is 1. The van der Waals surface area contributed by atoms with E-state index in [9.17, 15) is 14.7 Å². The van der Waals surface area contributed by atoms with E-state index in [-0.39, 0.29) is 30.7 Å². The van der Waals surface area contributed by atoms with Crippen LogP contribution in [0.15, 0.2) is 18.3 Å². The number of carbonyl (C=O) groups is 2. The predicted octanol–water partition coefficient (Wildman–Crippen LogP) is 1.56. The van der Waals surface area contributed by atoms with Gasteiger partial charge in [-0.3, -0.25) is 9.59 Å². The first-order chi connectivity index (χ1) is 12.8. The van der Waals surface area contributed by atoms with E-state index >= 15 is 0 Å². The Morgan fingerprint density at radius 3 is 2.74 bits per heavy atom. The average molecular weight is 412 g/mol. The maximum Gasteiger partial charge on any atom is 0.248 e. The molecule has 2 aromatic heterocycles. The fourth-order valence-electron chi connectivity index (χ4n) is 3.32. The summed E-state index contributed by atoms with van der Waals surface area (Å²) in [6.45, 7) is 3.95. The van der Waals surface area contributed by atoms with Gasteiger partial charge in [-0.25, -0.2) is 4.68 Å². The summed E-state index contributed by atoms with van der Waals surface area (Å²) in [5.41, 5.74) is 0.634. The molecule has 0 radical (unpaired) electrons. The number of nitrogens with one attached hydrogen (secondary N) is 1. The second-order valence-electron chi connectivity index (χ2n) is 6.89. The number of amides is 2. The van der Waals surface area contributed by atoms with Crippen LogP contribution in [0.5, 0.6) is 0 Å². The minimum atomic E-state index is -0.719. The van der Waals surface area contributed by atoms with E-state index in [2.05, 4.69) is 15.6 Å². The number of aliphatic hydroxyl groups excluding tert-OH is 1. The van der Waals surface area contributed by atoms with Gasteiger partial charge in [0.05, 0.1) is 21.5 Å². The monoisotopic (exact) mass is 411 g/mol. The third kappa shape index (κ3) is 3.99. The second kappa shape index (κ2) is 7.95. The topological polar surface area (TPSA) is 100 Å². The maximum atomic E-state index is 13.2. The van der Waals surface area contributed by atoms with Crippen LogP contribution in [0.1, 0.15) is 26.3 Å². The number of thiophene rings is 1. The van der Waals surface area contributed by atoms with Crippen molar-refractivity contribution in [3.8, 4) is 10.6 Å². The first-order valence-corrected chi connectivity index (χ1v) is 9.89. The van der Waals surface area contributed by atoms with Crippen LogP contribution in [0.2, 0.25) is 4.34 Å². The molecule has 0 aromatic carbocycles. The van der Waals surface area contributed by atoms with Crippen LogP contribution in [0.25, 0.3) is 10.6 Å². The van der Waals surface area contributed by atoms with Gasteiger partial charge in [-0.15, -0.1) is 16.4 Å². The molecular weight excluding hydrogens is 390 g/mol. The number of hydrogen-bond acceptors (Lipinski definition) is 6. The number of aromatic nitrogens is 3. The molecule has 1 aliphatic rings. The van der Waals surface area contributed by atoms with E-state index in [0.717, 1.165) is 4.88 Å². The first kappa shape index (κ1) is 19.8. The van der Waals surface area contributed by atoms with Crippen LogP contribution >= 0.6 is 22.9 Å². The average Bonchev–Trinajstić information content (AvgIpc) is 3.33. The summed E-state index contributed by atoms with van der Waals surface area (Å²) in [5, 5.41) is 20.9. The Hall–Kier alpha value is -1.97. The van der Waals surface area contributed by atoms with Crippen LogP contribution in [-0.2, 0) is 9.59 Å². The summed E-state index contributed by atoms with van der Waals surface area (Å²) in [6, 6.07) is 2.33. The Labute approximate surface area is 166 Å². The summed E-state index contributed by atoms with van der Waals surface area (Å²) < 4.78 is 2.18. The first-order valence-electron chi connectivity index (χ1n) is 8.69. The molecule has 3 rings (SSSR count). The van der Waals surface area contributed by atoms with Gasteiger partial charge >= 0.3 is 0 Å². The van der Waals surface area contributed by atoms with Gasteiger partial charge in [0.2, 0.25) is 11.8 Å². The number of likely N-dealkylation sites (N-methyl/N-ethyl adjacent to an activating group) is 1. The number of hydrogen-bond donors (Lipinski definition) is 2. The number of rotatable bonds is 5. The molecular formula is C17H22ClN5O3S. The van der Waals surface area contributed by atoms with Crippen molar-refractivity contribution >= 4 is 34.8 Å². The predicted molar refractivity (Wildman–Crippen MR) is 102 cm³/mol. The Kier molecular flexibility index (Phi) is 5.83. The van der Waals surface area contributed by atoms with E-state index in [4.69, 9.17) is 11.6 Å². The van der Waals surface area contributed by atoms with Gasteiger partial charge in [0.25, 0.3) is 0 Å². The third-order valence-electron chi connectivity index (χ3n) is 4.62. The molecule has 1 aliphatic heterocycles. The highest BCUT2D eigenvalue weighted by Crippen LogP contribution is 2.31. The largest absolute Gasteiger partial charge is 0.391 e. The van der Waals surface area contributed by atoms with Gasteiger partial charge < -0.3 is 15.3 Å². The lowest BCUT2D eigenvalue weighted by Crippen LogP contribution is -2.48. The Morgan fingerprint density at radius 1 is 1.41 bits per heavy atom. The van der Waals surface area contributed by atoms with Gasteiger partial charge in [0.15, 0.2) is 0 Å². The van der Waals surface area contributed by atoms with Crippen molar-refractivity contribution in [1.82, 2.24) is 25.2 Å². The molecule has 1 fully saturated rings. The Bertz CT molecular complexity index is 836. The highest BCUT2D eigenvalue weighted by Gasteiger charge is 2.42. The number of likely N-dealkylation sites (tertiary alicyclic amines) is 1. The summed E-state index contributed by atoms with van der Waals surface area (Å²) in [7, 11) is 1.52. The SMILES string of the molecule is CNC(=O)[C@H]1CC(O)CN1C(=O)C(C(C)C)n1cc(-c2ccc(Cl)s2)nn1. The third-order valence-corrected chi connectivity index (χ3v) is 5.87. The van der Waals surface area contributed by atoms with Crippen molar-refractivity contribution in [1.29, 1.82) is 0 Å². The minimum absolute atomic E-state index is 0.0814. The Morgan fingerprint density at radius 2 is 2.15 bits per heavy atom. The lowest BCUT2D eigenvalue weighted by atomic mass is 10.0. The smallest absolute Gasteiger partial charge is 0.248 e. The molecule has 3 atom stereocenters. The zero-order valence-corrected chi connectivity index (χ0v) is 16.9. The summed E-state index contributed by atoms with van der Waals surface area (Å²) >= 11 is 7.36.